The molecule has 1 nitrogen and oxygen atoms in total. The number of aromatic nitrogens is 1. The molecule has 0 fully saturated rings. The number of nitrogens with zero attached hydrogens (tertiary/aromatic N) is 1. The lowest BCUT2D eigenvalue weighted by Gasteiger charge is -2.09. The first-order valence-corrected chi connectivity index (χ1v) is 6.04. The molecule has 1 heterocycles. The highest BCUT2D eigenvalue weighted by atomic mass is 79.9. The van der Waals surface area contributed by atoms with Crippen LogP contribution in [0.3, 0.4) is 0 Å². The van der Waals surface area contributed by atoms with Gasteiger partial charge in [0.25, 0.3) is 0 Å². The molecule has 0 saturated heterocycles. The second kappa shape index (κ2) is 4.90. The van der Waals surface area contributed by atoms with E-state index in [-0.39, 0.29) is 10.7 Å². The molecule has 0 bridgehead atoms. The van der Waals surface area contributed by atoms with Gasteiger partial charge in [0, 0.05) is 16.2 Å². The van der Waals surface area contributed by atoms with Gasteiger partial charge < -0.3 is 0 Å². The van der Waals surface area contributed by atoms with Crippen molar-refractivity contribution in [3.05, 3.63) is 51.7 Å². The Morgan fingerprint density at radius 1 is 1.11 bits per heavy atom. The maximum absolute atomic E-state index is 12.6. The van der Waals surface area contributed by atoms with Gasteiger partial charge in [0.05, 0.1) is 5.56 Å². The first-order valence-electron chi connectivity index (χ1n) is 4.86. The van der Waals surface area contributed by atoms with E-state index in [1.165, 1.54) is 0 Å². The van der Waals surface area contributed by atoms with E-state index in [2.05, 4.69) is 20.9 Å². The van der Waals surface area contributed by atoms with Crippen LogP contribution in [0.25, 0.3) is 11.1 Å². The van der Waals surface area contributed by atoms with Crippen LogP contribution >= 0.6 is 27.5 Å². The first kappa shape index (κ1) is 13.4. The van der Waals surface area contributed by atoms with E-state index < -0.39 is 11.7 Å². The van der Waals surface area contributed by atoms with Crippen LogP contribution in [0.2, 0.25) is 5.15 Å². The van der Waals surface area contributed by atoms with Crippen molar-refractivity contribution in [3.63, 3.8) is 0 Å². The minimum absolute atomic E-state index is 0.0466. The third-order valence-electron chi connectivity index (χ3n) is 2.32. The number of rotatable bonds is 1. The molecule has 0 saturated carbocycles. The zero-order valence-corrected chi connectivity index (χ0v) is 11.1. The molecule has 0 amide bonds. The van der Waals surface area contributed by atoms with E-state index in [0.717, 1.165) is 16.7 Å². The summed E-state index contributed by atoms with van der Waals surface area (Å²) in [5, 5.41) is 0.0466. The van der Waals surface area contributed by atoms with Crippen LogP contribution in [0, 0.1) is 0 Å². The average molecular weight is 337 g/mol. The van der Waals surface area contributed by atoms with E-state index >= 15 is 0 Å². The minimum atomic E-state index is -4.43. The largest absolute Gasteiger partial charge is 0.417 e. The summed E-state index contributed by atoms with van der Waals surface area (Å²) in [4.78, 5) is 3.58. The molecule has 2 rings (SSSR count). The van der Waals surface area contributed by atoms with Gasteiger partial charge in [-0.25, -0.2) is 4.98 Å². The maximum atomic E-state index is 12.6. The van der Waals surface area contributed by atoms with Gasteiger partial charge in [0.1, 0.15) is 5.15 Å². The van der Waals surface area contributed by atoms with Crippen molar-refractivity contribution in [2.45, 2.75) is 6.18 Å². The summed E-state index contributed by atoms with van der Waals surface area (Å²) in [6.07, 6.45) is -3.70. The Morgan fingerprint density at radius 2 is 1.72 bits per heavy atom. The minimum Gasteiger partial charge on any atom is -0.243 e. The van der Waals surface area contributed by atoms with Gasteiger partial charge in [-0.15, -0.1) is 0 Å². The second-order valence-corrected chi connectivity index (χ2v) is 4.84. The van der Waals surface area contributed by atoms with Crippen molar-refractivity contribution in [1.82, 2.24) is 4.98 Å². The smallest absolute Gasteiger partial charge is 0.243 e. The summed E-state index contributed by atoms with van der Waals surface area (Å²) >= 11 is 9.08. The summed E-state index contributed by atoms with van der Waals surface area (Å²) in [5.74, 6) is 0. The van der Waals surface area contributed by atoms with Crippen molar-refractivity contribution >= 4 is 27.5 Å². The summed E-state index contributed by atoms with van der Waals surface area (Å²) in [6, 6.07) is 7.80. The summed E-state index contributed by atoms with van der Waals surface area (Å²) in [6.45, 7) is 0. The molecule has 0 unspecified atom stereocenters. The van der Waals surface area contributed by atoms with E-state index in [9.17, 15) is 13.2 Å². The van der Waals surface area contributed by atoms with Gasteiger partial charge >= 0.3 is 6.18 Å². The van der Waals surface area contributed by atoms with Gasteiger partial charge in [0.2, 0.25) is 0 Å². The third kappa shape index (κ3) is 2.84. The number of halogens is 5. The van der Waals surface area contributed by atoms with Gasteiger partial charge in [-0.05, 0) is 23.8 Å². The van der Waals surface area contributed by atoms with Crippen LogP contribution in [0.5, 0.6) is 0 Å². The number of pyridine rings is 1. The fraction of sp³-hybridized carbons (Fsp3) is 0.0833. The molecular formula is C12H6BrClF3N. The Kier molecular flexibility index (Phi) is 3.64. The second-order valence-electron chi connectivity index (χ2n) is 3.57. The predicted octanol–water partition coefficient (Wildman–Crippen LogP) is 5.18. The molecule has 1 aromatic carbocycles. The van der Waals surface area contributed by atoms with Crippen LogP contribution in [0.4, 0.5) is 13.2 Å². The standard InChI is InChI=1S/C12H6BrClF3N/c13-9-3-1-7(2-4-9)10-5-8(12(15,16)17)6-18-11(10)14/h1-6H. The monoisotopic (exact) mass is 335 g/mol. The average Bonchev–Trinajstić information content (AvgIpc) is 2.29. The molecule has 0 N–H and O–H groups in total. The quantitative estimate of drug-likeness (QED) is 0.654. The summed E-state index contributed by atoms with van der Waals surface area (Å²) < 4.78 is 38.6. The fourth-order valence-corrected chi connectivity index (χ4v) is 1.91. The topological polar surface area (TPSA) is 12.9 Å². The fourth-order valence-electron chi connectivity index (χ4n) is 1.43. The van der Waals surface area contributed by atoms with Gasteiger partial charge in [-0.3, -0.25) is 0 Å². The maximum Gasteiger partial charge on any atom is 0.417 e. The van der Waals surface area contributed by atoms with Crippen LogP contribution in [-0.2, 0) is 6.18 Å². The Balaban J connectivity index is 2.53. The van der Waals surface area contributed by atoms with E-state index in [4.69, 9.17) is 11.6 Å². The van der Waals surface area contributed by atoms with Crippen molar-refractivity contribution in [2.75, 3.05) is 0 Å². The highest BCUT2D eigenvalue weighted by molar-refractivity contribution is 9.10. The summed E-state index contributed by atoms with van der Waals surface area (Å²) in [7, 11) is 0. The molecule has 0 aliphatic rings. The Labute approximate surface area is 115 Å². The highest BCUT2D eigenvalue weighted by Crippen LogP contribution is 2.34. The van der Waals surface area contributed by atoms with E-state index in [1.807, 2.05) is 0 Å². The Morgan fingerprint density at radius 3 is 2.28 bits per heavy atom. The molecule has 1 aromatic heterocycles. The predicted molar refractivity (Wildman–Crippen MR) is 67.4 cm³/mol. The van der Waals surface area contributed by atoms with Crippen molar-refractivity contribution < 1.29 is 13.2 Å². The molecule has 0 atom stereocenters. The number of hydrogen-bond acceptors (Lipinski definition) is 1. The Bertz CT molecular complexity index is 567. The van der Waals surface area contributed by atoms with Crippen molar-refractivity contribution in [1.29, 1.82) is 0 Å². The number of alkyl halides is 3. The zero-order valence-electron chi connectivity index (χ0n) is 8.80. The van der Waals surface area contributed by atoms with Crippen LogP contribution in [-0.4, -0.2) is 4.98 Å². The van der Waals surface area contributed by atoms with Crippen molar-refractivity contribution in [3.8, 4) is 11.1 Å². The highest BCUT2D eigenvalue weighted by Gasteiger charge is 2.31. The molecule has 0 spiro atoms. The normalized spacial score (nSPS) is 11.6. The SMILES string of the molecule is FC(F)(F)c1cnc(Cl)c(-c2ccc(Br)cc2)c1. The van der Waals surface area contributed by atoms with E-state index in [0.29, 0.717) is 5.56 Å². The van der Waals surface area contributed by atoms with Crippen molar-refractivity contribution in [2.24, 2.45) is 0 Å². The number of benzene rings is 1. The lowest BCUT2D eigenvalue weighted by Crippen LogP contribution is -2.05. The first-order chi connectivity index (χ1) is 8.38. The molecule has 94 valence electrons. The molecule has 0 aliphatic heterocycles. The lowest BCUT2D eigenvalue weighted by atomic mass is 10.1. The molecule has 2 aromatic rings. The summed E-state index contributed by atoms with van der Waals surface area (Å²) in [5.41, 5.74) is 0.0330. The lowest BCUT2D eigenvalue weighted by molar-refractivity contribution is -0.137. The zero-order chi connectivity index (χ0) is 13.3. The molecular weight excluding hydrogens is 330 g/mol. The van der Waals surface area contributed by atoms with Crippen LogP contribution in [0.15, 0.2) is 41.0 Å². The number of hydrogen-bond donors (Lipinski definition) is 0. The molecule has 0 aliphatic carbocycles. The van der Waals surface area contributed by atoms with Gasteiger partial charge in [-0.2, -0.15) is 13.2 Å². The van der Waals surface area contributed by atoms with Gasteiger partial charge in [0.15, 0.2) is 0 Å². The van der Waals surface area contributed by atoms with Gasteiger partial charge in [-0.1, -0.05) is 39.7 Å². The molecule has 0 radical (unpaired) electrons. The molecule has 6 heteroatoms. The molecule has 18 heavy (non-hydrogen) atoms. The third-order valence-corrected chi connectivity index (χ3v) is 3.15. The Hall–Kier alpha value is -1.07. The van der Waals surface area contributed by atoms with E-state index in [1.54, 1.807) is 24.3 Å². The van der Waals surface area contributed by atoms with Crippen LogP contribution < -0.4 is 0 Å². The van der Waals surface area contributed by atoms with Crippen LogP contribution in [0.1, 0.15) is 5.56 Å².